The molecule has 22 heavy (non-hydrogen) atoms. The highest BCUT2D eigenvalue weighted by Crippen LogP contribution is 2.34. The lowest BCUT2D eigenvalue weighted by atomic mass is 10.2. The van der Waals surface area contributed by atoms with E-state index in [0.29, 0.717) is 11.8 Å². The Morgan fingerprint density at radius 1 is 1.00 bits per heavy atom. The molecule has 0 fully saturated rings. The molecular formula is C14H7ClF3N3O. The maximum atomic E-state index is 12.6. The zero-order chi connectivity index (χ0) is 15.7. The molecule has 0 unspecified atom stereocenters. The van der Waals surface area contributed by atoms with Crippen molar-refractivity contribution in [3.63, 3.8) is 0 Å². The summed E-state index contributed by atoms with van der Waals surface area (Å²) in [6, 6.07) is 9.72. The maximum absolute atomic E-state index is 12.6. The molecule has 3 rings (SSSR count). The van der Waals surface area contributed by atoms with Gasteiger partial charge < -0.3 is 4.42 Å². The molecule has 0 saturated heterocycles. The molecule has 0 aliphatic heterocycles. The molecule has 0 radical (unpaired) electrons. The molecule has 2 aromatic heterocycles. The van der Waals surface area contributed by atoms with Gasteiger partial charge in [0, 0.05) is 11.8 Å². The highest BCUT2D eigenvalue weighted by atomic mass is 35.5. The van der Waals surface area contributed by atoms with Crippen LogP contribution in [0.25, 0.3) is 23.0 Å². The smallest absolute Gasteiger partial charge is 0.415 e. The fraction of sp³-hybridized carbons (Fsp3) is 0.0714. The van der Waals surface area contributed by atoms with Crippen LogP contribution in [0.1, 0.15) is 5.56 Å². The Kier molecular flexibility index (Phi) is 3.58. The summed E-state index contributed by atoms with van der Waals surface area (Å²) in [6.07, 6.45) is -3.84. The fourth-order valence-electron chi connectivity index (χ4n) is 1.77. The third-order valence-corrected chi connectivity index (χ3v) is 3.10. The molecule has 0 saturated carbocycles. The third kappa shape index (κ3) is 2.80. The zero-order valence-electron chi connectivity index (χ0n) is 10.8. The normalized spacial score (nSPS) is 11.6. The molecule has 0 aliphatic rings. The van der Waals surface area contributed by atoms with Gasteiger partial charge in [-0.15, -0.1) is 10.2 Å². The largest absolute Gasteiger partial charge is 0.417 e. The number of nitrogens with zero attached hydrogens (tertiary/aromatic N) is 3. The first-order chi connectivity index (χ1) is 10.4. The van der Waals surface area contributed by atoms with E-state index in [2.05, 4.69) is 15.2 Å². The zero-order valence-corrected chi connectivity index (χ0v) is 11.6. The lowest BCUT2D eigenvalue weighted by Crippen LogP contribution is -2.05. The van der Waals surface area contributed by atoms with Crippen LogP contribution in [-0.2, 0) is 6.18 Å². The van der Waals surface area contributed by atoms with Gasteiger partial charge in [-0.25, -0.2) is 4.98 Å². The van der Waals surface area contributed by atoms with Gasteiger partial charge in [-0.2, -0.15) is 13.2 Å². The van der Waals surface area contributed by atoms with Crippen molar-refractivity contribution in [3.8, 4) is 23.0 Å². The van der Waals surface area contributed by atoms with E-state index >= 15 is 0 Å². The number of rotatable bonds is 2. The third-order valence-electron chi connectivity index (χ3n) is 2.82. The number of aromatic nitrogens is 3. The predicted octanol–water partition coefficient (Wildman–Crippen LogP) is 4.47. The van der Waals surface area contributed by atoms with Crippen molar-refractivity contribution in [1.82, 2.24) is 15.2 Å². The van der Waals surface area contributed by atoms with Crippen LogP contribution in [0.5, 0.6) is 0 Å². The van der Waals surface area contributed by atoms with E-state index in [1.165, 1.54) is 0 Å². The summed E-state index contributed by atoms with van der Waals surface area (Å²) in [7, 11) is 0. The summed E-state index contributed by atoms with van der Waals surface area (Å²) >= 11 is 5.83. The topological polar surface area (TPSA) is 51.8 Å². The van der Waals surface area contributed by atoms with Gasteiger partial charge in [0.2, 0.25) is 5.89 Å². The van der Waals surface area contributed by atoms with Crippen LogP contribution in [0.15, 0.2) is 47.0 Å². The number of pyridine rings is 1. The Bertz CT molecular complexity index is 803. The van der Waals surface area contributed by atoms with Crippen molar-refractivity contribution >= 4 is 11.6 Å². The summed E-state index contributed by atoms with van der Waals surface area (Å²) in [4.78, 5) is 3.67. The average molecular weight is 326 g/mol. The second kappa shape index (κ2) is 5.42. The van der Waals surface area contributed by atoms with E-state index in [4.69, 9.17) is 16.0 Å². The molecule has 112 valence electrons. The number of alkyl halides is 3. The molecule has 4 nitrogen and oxygen atoms in total. The first-order valence-electron chi connectivity index (χ1n) is 6.07. The van der Waals surface area contributed by atoms with Crippen molar-refractivity contribution in [1.29, 1.82) is 0 Å². The summed E-state index contributed by atoms with van der Waals surface area (Å²) < 4.78 is 43.1. The van der Waals surface area contributed by atoms with Crippen LogP contribution in [0.2, 0.25) is 5.02 Å². The lowest BCUT2D eigenvalue weighted by Gasteiger charge is -2.07. The van der Waals surface area contributed by atoms with Crippen molar-refractivity contribution < 1.29 is 17.6 Å². The van der Waals surface area contributed by atoms with Gasteiger partial charge in [0.05, 0.1) is 10.6 Å². The monoisotopic (exact) mass is 325 g/mol. The summed E-state index contributed by atoms with van der Waals surface area (Å²) in [5, 5.41) is 7.40. The highest BCUT2D eigenvalue weighted by molar-refractivity contribution is 6.32. The van der Waals surface area contributed by atoms with Gasteiger partial charge in [0.25, 0.3) is 5.89 Å². The minimum Gasteiger partial charge on any atom is -0.415 e. The van der Waals surface area contributed by atoms with Crippen molar-refractivity contribution in [2.45, 2.75) is 6.18 Å². The molecular weight excluding hydrogens is 319 g/mol. The fourth-order valence-corrected chi connectivity index (χ4v) is 2.01. The van der Waals surface area contributed by atoms with E-state index in [1.807, 2.05) is 6.07 Å². The number of benzene rings is 1. The molecule has 0 aliphatic carbocycles. The van der Waals surface area contributed by atoms with Crippen LogP contribution in [0, 0.1) is 0 Å². The second-order valence-electron chi connectivity index (χ2n) is 4.33. The number of hydrogen-bond acceptors (Lipinski definition) is 4. The molecule has 0 bridgehead atoms. The van der Waals surface area contributed by atoms with Crippen LogP contribution in [0.4, 0.5) is 13.2 Å². The van der Waals surface area contributed by atoms with Gasteiger partial charge >= 0.3 is 6.18 Å². The van der Waals surface area contributed by atoms with Crippen LogP contribution < -0.4 is 0 Å². The first-order valence-corrected chi connectivity index (χ1v) is 6.45. The Morgan fingerprint density at radius 2 is 1.68 bits per heavy atom. The van der Waals surface area contributed by atoms with E-state index in [1.54, 1.807) is 24.3 Å². The minimum absolute atomic E-state index is 0.00403. The summed E-state index contributed by atoms with van der Waals surface area (Å²) in [6.45, 7) is 0. The number of hydrogen-bond donors (Lipinski definition) is 0. The van der Waals surface area contributed by atoms with Crippen LogP contribution in [-0.4, -0.2) is 15.2 Å². The van der Waals surface area contributed by atoms with Gasteiger partial charge in [-0.3, -0.25) is 0 Å². The SMILES string of the molecule is FC(F)(F)c1cnc(-c2nnc(-c3ccccc3)o2)c(Cl)c1. The average Bonchev–Trinajstić information content (AvgIpc) is 2.96. The standard InChI is InChI=1S/C14H7ClF3N3O/c15-10-6-9(14(16,17)18)7-19-11(10)13-21-20-12(22-13)8-4-2-1-3-5-8/h1-7H. The van der Waals surface area contributed by atoms with E-state index in [0.717, 1.165) is 6.07 Å². The van der Waals surface area contributed by atoms with Gasteiger partial charge in [-0.1, -0.05) is 29.8 Å². The Hall–Kier alpha value is -2.41. The Balaban J connectivity index is 1.97. The lowest BCUT2D eigenvalue weighted by molar-refractivity contribution is -0.137. The van der Waals surface area contributed by atoms with Crippen LogP contribution >= 0.6 is 11.6 Å². The predicted molar refractivity (Wildman–Crippen MR) is 73.0 cm³/mol. The summed E-state index contributed by atoms with van der Waals surface area (Å²) in [5.74, 6) is 0.186. The molecule has 3 aromatic rings. The molecule has 8 heteroatoms. The van der Waals surface area contributed by atoms with Gasteiger partial charge in [-0.05, 0) is 18.2 Å². The molecule has 0 amide bonds. The van der Waals surface area contributed by atoms with Gasteiger partial charge in [0.15, 0.2) is 0 Å². The quantitative estimate of drug-likeness (QED) is 0.697. The number of halogens is 4. The maximum Gasteiger partial charge on any atom is 0.417 e. The molecule has 1 aromatic carbocycles. The van der Waals surface area contributed by atoms with Crippen molar-refractivity contribution in [3.05, 3.63) is 53.2 Å². The Labute approximate surface area is 127 Å². The van der Waals surface area contributed by atoms with Crippen molar-refractivity contribution in [2.75, 3.05) is 0 Å². The first kappa shape index (κ1) is 14.5. The van der Waals surface area contributed by atoms with Crippen molar-refractivity contribution in [2.24, 2.45) is 0 Å². The molecule has 2 heterocycles. The Morgan fingerprint density at radius 3 is 2.32 bits per heavy atom. The second-order valence-corrected chi connectivity index (χ2v) is 4.74. The van der Waals surface area contributed by atoms with E-state index < -0.39 is 11.7 Å². The highest BCUT2D eigenvalue weighted by Gasteiger charge is 2.32. The van der Waals surface area contributed by atoms with E-state index in [9.17, 15) is 13.2 Å². The van der Waals surface area contributed by atoms with Gasteiger partial charge in [0.1, 0.15) is 5.69 Å². The van der Waals surface area contributed by atoms with Crippen LogP contribution in [0.3, 0.4) is 0 Å². The minimum atomic E-state index is -4.51. The molecule has 0 spiro atoms. The van der Waals surface area contributed by atoms with E-state index in [-0.39, 0.29) is 22.5 Å². The molecule has 0 atom stereocenters. The summed E-state index contributed by atoms with van der Waals surface area (Å²) in [5.41, 5.74) is -0.252. The molecule has 0 N–H and O–H groups in total.